The predicted molar refractivity (Wildman–Crippen MR) is 75.9 cm³/mol. The normalized spacial score (nSPS) is 11.7. The zero-order valence-corrected chi connectivity index (χ0v) is 11.3. The van der Waals surface area contributed by atoms with Crippen LogP contribution >= 0.6 is 0 Å². The number of nitriles is 1. The molecule has 0 saturated heterocycles. The lowest BCUT2D eigenvalue weighted by Gasteiger charge is -2.12. The third-order valence-corrected chi connectivity index (χ3v) is 3.00. The molecule has 2 nitrogen and oxygen atoms in total. The molecule has 0 aliphatic carbocycles. The van der Waals surface area contributed by atoms with E-state index < -0.39 is 6.10 Å². The van der Waals surface area contributed by atoms with E-state index in [1.165, 1.54) is 23.3 Å². The van der Waals surface area contributed by atoms with Gasteiger partial charge >= 0.3 is 0 Å². The van der Waals surface area contributed by atoms with Crippen molar-refractivity contribution in [3.63, 3.8) is 0 Å². The monoisotopic (exact) mass is 269 g/mol. The summed E-state index contributed by atoms with van der Waals surface area (Å²) in [7, 11) is 0. The Bertz CT molecular complexity index is 618. The van der Waals surface area contributed by atoms with Crippen molar-refractivity contribution in [2.24, 2.45) is 0 Å². The van der Waals surface area contributed by atoms with Crippen LogP contribution in [0.4, 0.5) is 4.39 Å². The molecule has 1 atom stereocenters. The number of rotatable bonds is 5. The minimum Gasteiger partial charge on any atom is -0.475 e. The molecule has 102 valence electrons. The molecule has 0 amide bonds. The van der Waals surface area contributed by atoms with Crippen LogP contribution in [0.1, 0.15) is 17.5 Å². The third kappa shape index (κ3) is 4.10. The van der Waals surface area contributed by atoms with Gasteiger partial charge < -0.3 is 4.74 Å². The first-order valence-corrected chi connectivity index (χ1v) is 6.55. The molecule has 0 spiro atoms. The molecule has 2 aromatic carbocycles. The second kappa shape index (κ2) is 6.72. The molecule has 0 bridgehead atoms. The van der Waals surface area contributed by atoms with Crippen molar-refractivity contribution in [3.05, 3.63) is 65.5 Å². The maximum absolute atomic E-state index is 13.1. The third-order valence-electron chi connectivity index (χ3n) is 3.00. The van der Waals surface area contributed by atoms with Crippen molar-refractivity contribution in [2.75, 3.05) is 0 Å². The number of halogens is 1. The Labute approximate surface area is 118 Å². The molecule has 3 heteroatoms. The fourth-order valence-corrected chi connectivity index (χ4v) is 2.02. The van der Waals surface area contributed by atoms with E-state index in [2.05, 4.69) is 12.1 Å². The topological polar surface area (TPSA) is 33.0 Å². The maximum Gasteiger partial charge on any atom is 0.184 e. The van der Waals surface area contributed by atoms with E-state index in [0.717, 1.165) is 6.42 Å². The molecular formula is C17H16FNO. The van der Waals surface area contributed by atoms with Gasteiger partial charge in [-0.25, -0.2) is 4.39 Å². The summed E-state index contributed by atoms with van der Waals surface area (Å²) in [4.78, 5) is 0. The minimum atomic E-state index is -0.572. The van der Waals surface area contributed by atoms with Crippen molar-refractivity contribution in [3.8, 4) is 11.8 Å². The zero-order chi connectivity index (χ0) is 14.4. The smallest absolute Gasteiger partial charge is 0.184 e. The van der Waals surface area contributed by atoms with Crippen LogP contribution in [0, 0.1) is 24.1 Å². The lowest BCUT2D eigenvalue weighted by molar-refractivity contribution is 0.244. The largest absolute Gasteiger partial charge is 0.475 e. The molecule has 0 heterocycles. The first kappa shape index (κ1) is 14.1. The molecule has 0 saturated carbocycles. The molecule has 2 aromatic rings. The van der Waals surface area contributed by atoms with Gasteiger partial charge in [0, 0.05) is 12.5 Å². The van der Waals surface area contributed by atoms with Crippen LogP contribution in [0.5, 0.6) is 5.75 Å². The summed E-state index contributed by atoms with van der Waals surface area (Å²) in [6.45, 7) is 2.04. The molecular weight excluding hydrogens is 253 g/mol. The Kier molecular flexibility index (Phi) is 4.73. The Hall–Kier alpha value is -2.34. The number of aryl methyl sites for hydroxylation is 2. The summed E-state index contributed by atoms with van der Waals surface area (Å²) < 4.78 is 18.5. The SMILES string of the molecule is Cc1cccc(CCC(C#N)Oc2cccc(F)c2)c1. The second-order valence-electron chi connectivity index (χ2n) is 4.72. The molecule has 1 unspecified atom stereocenters. The van der Waals surface area contributed by atoms with Gasteiger partial charge in [-0.3, -0.25) is 0 Å². The van der Waals surface area contributed by atoms with E-state index in [1.807, 2.05) is 25.1 Å². The van der Waals surface area contributed by atoms with Gasteiger partial charge in [0.05, 0.1) is 0 Å². The van der Waals surface area contributed by atoms with Crippen molar-refractivity contribution >= 4 is 0 Å². The van der Waals surface area contributed by atoms with Gasteiger partial charge in [-0.05, 0) is 31.0 Å². The Balaban J connectivity index is 1.95. The van der Waals surface area contributed by atoms with Gasteiger partial charge in [0.25, 0.3) is 0 Å². The Morgan fingerprint density at radius 3 is 2.70 bits per heavy atom. The first-order chi connectivity index (χ1) is 9.67. The van der Waals surface area contributed by atoms with Crippen LogP contribution in [0.2, 0.25) is 0 Å². The van der Waals surface area contributed by atoms with Crippen LogP contribution in [-0.2, 0) is 6.42 Å². The summed E-state index contributed by atoms with van der Waals surface area (Å²) >= 11 is 0. The van der Waals surface area contributed by atoms with E-state index in [0.29, 0.717) is 12.2 Å². The summed E-state index contributed by atoms with van der Waals surface area (Å²) in [6, 6.07) is 16.1. The summed E-state index contributed by atoms with van der Waals surface area (Å²) in [5, 5.41) is 9.12. The maximum atomic E-state index is 13.1. The lowest BCUT2D eigenvalue weighted by Crippen LogP contribution is -2.15. The van der Waals surface area contributed by atoms with E-state index in [1.54, 1.807) is 12.1 Å². The van der Waals surface area contributed by atoms with Gasteiger partial charge in [0.1, 0.15) is 17.6 Å². The molecule has 0 aromatic heterocycles. The van der Waals surface area contributed by atoms with Crippen LogP contribution in [0.3, 0.4) is 0 Å². The quantitative estimate of drug-likeness (QED) is 0.820. The van der Waals surface area contributed by atoms with Crippen molar-refractivity contribution in [1.29, 1.82) is 5.26 Å². The molecule has 20 heavy (non-hydrogen) atoms. The fourth-order valence-electron chi connectivity index (χ4n) is 2.02. The van der Waals surface area contributed by atoms with Crippen molar-refractivity contribution in [1.82, 2.24) is 0 Å². The zero-order valence-electron chi connectivity index (χ0n) is 11.3. The highest BCUT2D eigenvalue weighted by Crippen LogP contribution is 2.16. The van der Waals surface area contributed by atoms with E-state index in [9.17, 15) is 4.39 Å². The summed E-state index contributed by atoms with van der Waals surface area (Å²) in [5.41, 5.74) is 2.37. The van der Waals surface area contributed by atoms with Gasteiger partial charge in [-0.2, -0.15) is 5.26 Å². The molecule has 0 aliphatic heterocycles. The van der Waals surface area contributed by atoms with E-state index in [-0.39, 0.29) is 5.82 Å². The van der Waals surface area contributed by atoms with Gasteiger partial charge in [-0.1, -0.05) is 35.9 Å². The molecule has 0 N–H and O–H groups in total. The summed E-state index contributed by atoms with van der Waals surface area (Å²) in [5.74, 6) is 0.0265. The van der Waals surface area contributed by atoms with E-state index in [4.69, 9.17) is 10.00 Å². The Morgan fingerprint density at radius 2 is 2.00 bits per heavy atom. The molecule has 2 rings (SSSR count). The molecule has 0 aliphatic rings. The average Bonchev–Trinajstić information content (AvgIpc) is 2.43. The lowest BCUT2D eigenvalue weighted by atomic mass is 10.1. The van der Waals surface area contributed by atoms with Gasteiger partial charge in [0.2, 0.25) is 0 Å². The van der Waals surface area contributed by atoms with Crippen molar-refractivity contribution in [2.45, 2.75) is 25.9 Å². The number of hydrogen-bond donors (Lipinski definition) is 0. The highest BCUT2D eigenvalue weighted by atomic mass is 19.1. The Morgan fingerprint density at radius 1 is 1.20 bits per heavy atom. The highest BCUT2D eigenvalue weighted by Gasteiger charge is 2.10. The van der Waals surface area contributed by atoms with Gasteiger partial charge in [-0.15, -0.1) is 0 Å². The number of nitrogens with zero attached hydrogens (tertiary/aromatic N) is 1. The molecule has 0 radical (unpaired) electrons. The standard InChI is InChI=1S/C17H16FNO/c1-13-4-2-5-14(10-13)8-9-17(12-19)20-16-7-3-6-15(18)11-16/h2-7,10-11,17H,8-9H2,1H3. The predicted octanol–water partition coefficient (Wildman–Crippen LogP) is 4.04. The fraction of sp³-hybridized carbons (Fsp3) is 0.235. The first-order valence-electron chi connectivity index (χ1n) is 6.55. The second-order valence-corrected chi connectivity index (χ2v) is 4.72. The highest BCUT2D eigenvalue weighted by molar-refractivity contribution is 5.24. The number of ether oxygens (including phenoxy) is 1. The summed E-state index contributed by atoms with van der Waals surface area (Å²) in [6.07, 6.45) is 0.767. The molecule has 0 fully saturated rings. The van der Waals surface area contributed by atoms with Crippen LogP contribution < -0.4 is 4.74 Å². The number of hydrogen-bond acceptors (Lipinski definition) is 2. The minimum absolute atomic E-state index is 0.363. The van der Waals surface area contributed by atoms with Gasteiger partial charge in [0.15, 0.2) is 6.10 Å². The van der Waals surface area contributed by atoms with E-state index >= 15 is 0 Å². The average molecular weight is 269 g/mol. The van der Waals surface area contributed by atoms with Crippen LogP contribution in [0.15, 0.2) is 48.5 Å². The van der Waals surface area contributed by atoms with Crippen LogP contribution in [-0.4, -0.2) is 6.10 Å². The van der Waals surface area contributed by atoms with Crippen molar-refractivity contribution < 1.29 is 9.13 Å². The van der Waals surface area contributed by atoms with Crippen LogP contribution in [0.25, 0.3) is 0 Å². The number of benzene rings is 2.